The van der Waals surface area contributed by atoms with Crippen molar-refractivity contribution in [3.05, 3.63) is 28.5 Å². The molecule has 0 aliphatic rings. The van der Waals surface area contributed by atoms with Crippen LogP contribution in [0.3, 0.4) is 0 Å². The second-order valence-electron chi connectivity index (χ2n) is 4.09. The number of benzene rings is 1. The van der Waals surface area contributed by atoms with Gasteiger partial charge in [0.05, 0.1) is 9.37 Å². The van der Waals surface area contributed by atoms with Crippen LogP contribution in [-0.2, 0) is 10.0 Å². The van der Waals surface area contributed by atoms with Crippen molar-refractivity contribution in [2.24, 2.45) is 0 Å². The van der Waals surface area contributed by atoms with E-state index in [0.717, 1.165) is 18.9 Å². The Balaban J connectivity index is 2.95. The number of rotatable bonds is 6. The highest BCUT2D eigenvalue weighted by molar-refractivity contribution is 9.10. The lowest BCUT2D eigenvalue weighted by Crippen LogP contribution is -2.34. The van der Waals surface area contributed by atoms with Crippen LogP contribution in [0.4, 0.5) is 4.39 Å². The van der Waals surface area contributed by atoms with Crippen molar-refractivity contribution in [1.82, 2.24) is 4.72 Å². The summed E-state index contributed by atoms with van der Waals surface area (Å²) < 4.78 is 40.3. The van der Waals surface area contributed by atoms with Crippen LogP contribution in [0.2, 0.25) is 0 Å². The van der Waals surface area contributed by atoms with Crippen LogP contribution in [0.15, 0.2) is 27.6 Å². The minimum Gasteiger partial charge on any atom is -0.208 e. The van der Waals surface area contributed by atoms with Crippen molar-refractivity contribution in [2.75, 3.05) is 0 Å². The number of halogens is 2. The summed E-state index contributed by atoms with van der Waals surface area (Å²) in [7, 11) is -3.64. The molecule has 0 aromatic heterocycles. The van der Waals surface area contributed by atoms with Crippen molar-refractivity contribution in [1.29, 1.82) is 0 Å². The molecule has 1 rings (SSSR count). The van der Waals surface area contributed by atoms with Gasteiger partial charge in [-0.2, -0.15) is 0 Å². The Morgan fingerprint density at radius 1 is 1.39 bits per heavy atom. The van der Waals surface area contributed by atoms with E-state index < -0.39 is 15.8 Å². The van der Waals surface area contributed by atoms with Gasteiger partial charge < -0.3 is 0 Å². The van der Waals surface area contributed by atoms with Gasteiger partial charge in [0.15, 0.2) is 0 Å². The second-order valence-corrected chi connectivity index (χ2v) is 6.66. The van der Waals surface area contributed by atoms with Crippen molar-refractivity contribution in [2.45, 2.75) is 44.0 Å². The van der Waals surface area contributed by atoms with Gasteiger partial charge in [-0.05, 0) is 47.0 Å². The Morgan fingerprint density at radius 3 is 2.56 bits per heavy atom. The topological polar surface area (TPSA) is 46.2 Å². The lowest BCUT2D eigenvalue weighted by atomic mass is 10.1. The fourth-order valence-electron chi connectivity index (χ4n) is 1.63. The first-order valence-electron chi connectivity index (χ1n) is 5.88. The van der Waals surface area contributed by atoms with Gasteiger partial charge in [-0.15, -0.1) is 0 Å². The van der Waals surface area contributed by atoms with E-state index in [4.69, 9.17) is 0 Å². The van der Waals surface area contributed by atoms with Gasteiger partial charge in [0.2, 0.25) is 10.0 Å². The monoisotopic (exact) mass is 337 g/mol. The third kappa shape index (κ3) is 4.03. The molecule has 0 aliphatic heterocycles. The molecule has 0 saturated heterocycles. The van der Waals surface area contributed by atoms with E-state index in [1.807, 2.05) is 13.8 Å². The summed E-state index contributed by atoms with van der Waals surface area (Å²) in [5.41, 5.74) is 0. The first-order chi connectivity index (χ1) is 8.40. The molecule has 0 radical (unpaired) electrons. The van der Waals surface area contributed by atoms with Crippen molar-refractivity contribution in [3.8, 4) is 0 Å². The quantitative estimate of drug-likeness (QED) is 0.864. The Hall–Kier alpha value is -0.460. The largest absolute Gasteiger partial charge is 0.240 e. The molecule has 1 unspecified atom stereocenters. The van der Waals surface area contributed by atoms with Crippen molar-refractivity contribution < 1.29 is 12.8 Å². The summed E-state index contributed by atoms with van der Waals surface area (Å²) in [6.07, 6.45) is 2.39. The smallest absolute Gasteiger partial charge is 0.208 e. The Kier molecular flexibility index (Phi) is 5.75. The van der Waals surface area contributed by atoms with Gasteiger partial charge in [0, 0.05) is 6.04 Å². The molecule has 0 heterocycles. The fourth-order valence-corrected chi connectivity index (χ4v) is 3.24. The molecule has 0 spiro atoms. The molecule has 1 atom stereocenters. The highest BCUT2D eigenvalue weighted by atomic mass is 79.9. The summed E-state index contributed by atoms with van der Waals surface area (Å²) in [5, 5.41) is 0. The van der Waals surface area contributed by atoms with Gasteiger partial charge in [0.1, 0.15) is 5.82 Å². The molecule has 1 N–H and O–H groups in total. The van der Waals surface area contributed by atoms with Gasteiger partial charge >= 0.3 is 0 Å². The Labute approximate surface area is 116 Å². The zero-order valence-electron chi connectivity index (χ0n) is 10.4. The average molecular weight is 338 g/mol. The minimum absolute atomic E-state index is 0.0437. The highest BCUT2D eigenvalue weighted by Gasteiger charge is 2.19. The Bertz CT molecular complexity index is 505. The maximum atomic E-state index is 13.3. The highest BCUT2D eigenvalue weighted by Crippen LogP contribution is 2.20. The lowest BCUT2D eigenvalue weighted by Gasteiger charge is -2.16. The molecule has 102 valence electrons. The van der Waals surface area contributed by atoms with E-state index >= 15 is 0 Å². The zero-order chi connectivity index (χ0) is 13.8. The summed E-state index contributed by atoms with van der Waals surface area (Å²) in [5.74, 6) is -0.582. The average Bonchev–Trinajstić information content (AvgIpc) is 2.31. The standard InChI is InChI=1S/C12H17BrFNO2S/c1-3-5-9(4-2)15-18(16,17)10-6-7-11(13)12(14)8-10/h6-9,15H,3-5H2,1-2H3. The molecule has 0 saturated carbocycles. The number of sulfonamides is 1. The van der Waals surface area contributed by atoms with E-state index in [1.54, 1.807) is 0 Å². The lowest BCUT2D eigenvalue weighted by molar-refractivity contribution is 0.511. The van der Waals surface area contributed by atoms with Crippen LogP contribution in [-0.4, -0.2) is 14.5 Å². The molecule has 3 nitrogen and oxygen atoms in total. The molecule has 1 aromatic carbocycles. The van der Waals surface area contributed by atoms with Crippen LogP contribution in [0.5, 0.6) is 0 Å². The molecule has 0 fully saturated rings. The normalized spacial score (nSPS) is 13.6. The molecule has 1 aromatic rings. The van der Waals surface area contributed by atoms with Gasteiger partial charge in [-0.25, -0.2) is 17.5 Å². The number of hydrogen-bond acceptors (Lipinski definition) is 2. The summed E-state index contributed by atoms with van der Waals surface area (Å²) in [6, 6.07) is 3.69. The van der Waals surface area contributed by atoms with Crippen LogP contribution in [0.25, 0.3) is 0 Å². The van der Waals surface area contributed by atoms with Crippen LogP contribution in [0, 0.1) is 5.82 Å². The van der Waals surface area contributed by atoms with Gasteiger partial charge in [-0.3, -0.25) is 0 Å². The third-order valence-electron chi connectivity index (χ3n) is 2.65. The maximum Gasteiger partial charge on any atom is 0.240 e. The first kappa shape index (κ1) is 15.6. The van der Waals surface area contributed by atoms with Crippen molar-refractivity contribution in [3.63, 3.8) is 0 Å². The van der Waals surface area contributed by atoms with Crippen molar-refractivity contribution >= 4 is 26.0 Å². The van der Waals surface area contributed by atoms with Crippen LogP contribution in [0.1, 0.15) is 33.1 Å². The fraction of sp³-hybridized carbons (Fsp3) is 0.500. The predicted molar refractivity (Wildman–Crippen MR) is 73.4 cm³/mol. The van der Waals surface area contributed by atoms with E-state index in [1.165, 1.54) is 12.1 Å². The minimum atomic E-state index is -3.64. The van der Waals surface area contributed by atoms with E-state index in [-0.39, 0.29) is 15.4 Å². The van der Waals surface area contributed by atoms with E-state index in [9.17, 15) is 12.8 Å². The third-order valence-corrected chi connectivity index (χ3v) is 4.81. The van der Waals surface area contributed by atoms with Gasteiger partial charge in [0.25, 0.3) is 0 Å². The van der Waals surface area contributed by atoms with Gasteiger partial charge in [-0.1, -0.05) is 20.3 Å². The summed E-state index contributed by atoms with van der Waals surface area (Å²) in [4.78, 5) is -0.0437. The van der Waals surface area contributed by atoms with Crippen LogP contribution >= 0.6 is 15.9 Å². The molecule has 0 bridgehead atoms. The predicted octanol–water partition coefficient (Wildman–Crippen LogP) is 3.45. The summed E-state index contributed by atoms with van der Waals surface area (Å²) >= 11 is 3.00. The van der Waals surface area contributed by atoms with E-state index in [2.05, 4.69) is 20.7 Å². The second kappa shape index (κ2) is 6.63. The summed E-state index contributed by atoms with van der Waals surface area (Å²) in [6.45, 7) is 3.92. The molecular formula is C12H17BrFNO2S. The zero-order valence-corrected chi connectivity index (χ0v) is 12.8. The molecule has 18 heavy (non-hydrogen) atoms. The number of hydrogen-bond donors (Lipinski definition) is 1. The number of nitrogens with one attached hydrogen (secondary N) is 1. The van der Waals surface area contributed by atoms with Crippen LogP contribution < -0.4 is 4.72 Å². The molecular weight excluding hydrogens is 321 g/mol. The SMILES string of the molecule is CCCC(CC)NS(=O)(=O)c1ccc(Br)c(F)c1. The Morgan fingerprint density at radius 2 is 2.06 bits per heavy atom. The molecule has 0 amide bonds. The molecule has 6 heteroatoms. The first-order valence-corrected chi connectivity index (χ1v) is 8.15. The van der Waals surface area contributed by atoms with E-state index in [0.29, 0.717) is 6.42 Å². The molecule has 0 aliphatic carbocycles. The maximum absolute atomic E-state index is 13.3.